The molecule has 0 radical (unpaired) electrons. The molecule has 0 amide bonds. The Morgan fingerprint density at radius 1 is 1.35 bits per heavy atom. The fraction of sp³-hybridized carbons (Fsp3) is 0.467. The van der Waals surface area contributed by atoms with Crippen LogP contribution in [-0.4, -0.2) is 50.3 Å². The van der Waals surface area contributed by atoms with E-state index in [0.717, 1.165) is 18.9 Å². The molecule has 4 rings (SSSR count). The van der Waals surface area contributed by atoms with E-state index in [9.17, 15) is 0 Å². The van der Waals surface area contributed by atoms with Gasteiger partial charge in [-0.1, -0.05) is 6.07 Å². The van der Waals surface area contributed by atoms with Gasteiger partial charge < -0.3 is 5.32 Å². The standard InChI is InChI=1S/C15H19N7S/c1-21-8-2-4-11(15(21)12-5-3-9-23-12)10-16-13-6-7-14-17-19-20-22(14)18-13/h3,5-7,9,11,15H,2,4,8,10H2,1H3,(H,16,18)/t11-,15-/m1/s1. The number of hydrogen-bond donors (Lipinski definition) is 1. The van der Waals surface area contributed by atoms with Crippen molar-refractivity contribution in [3.05, 3.63) is 34.5 Å². The zero-order chi connectivity index (χ0) is 15.6. The van der Waals surface area contributed by atoms with Gasteiger partial charge in [0.1, 0.15) is 5.82 Å². The molecule has 0 spiro atoms. The molecule has 4 heterocycles. The highest BCUT2D eigenvalue weighted by atomic mass is 32.1. The molecule has 1 fully saturated rings. The molecular formula is C15H19N7S. The molecule has 7 nitrogen and oxygen atoms in total. The van der Waals surface area contributed by atoms with E-state index in [1.165, 1.54) is 22.3 Å². The zero-order valence-corrected chi connectivity index (χ0v) is 13.8. The van der Waals surface area contributed by atoms with Gasteiger partial charge in [-0.25, -0.2) is 0 Å². The molecular weight excluding hydrogens is 310 g/mol. The minimum Gasteiger partial charge on any atom is -0.368 e. The fourth-order valence-corrected chi connectivity index (χ4v) is 4.35. The number of anilines is 1. The summed E-state index contributed by atoms with van der Waals surface area (Å²) < 4.78 is 1.45. The van der Waals surface area contributed by atoms with Crippen LogP contribution >= 0.6 is 11.3 Å². The van der Waals surface area contributed by atoms with Crippen molar-refractivity contribution in [3.8, 4) is 0 Å². The van der Waals surface area contributed by atoms with E-state index in [0.29, 0.717) is 17.6 Å². The number of thiophene rings is 1. The highest BCUT2D eigenvalue weighted by molar-refractivity contribution is 7.10. The van der Waals surface area contributed by atoms with Gasteiger partial charge in [0.05, 0.1) is 0 Å². The van der Waals surface area contributed by atoms with Crippen molar-refractivity contribution in [2.45, 2.75) is 18.9 Å². The Labute approximate surface area is 138 Å². The lowest BCUT2D eigenvalue weighted by Gasteiger charge is -2.38. The van der Waals surface area contributed by atoms with Crippen molar-refractivity contribution in [1.82, 2.24) is 30.2 Å². The summed E-state index contributed by atoms with van der Waals surface area (Å²) in [6.45, 7) is 2.06. The lowest BCUT2D eigenvalue weighted by molar-refractivity contribution is 0.130. The zero-order valence-electron chi connectivity index (χ0n) is 13.0. The number of piperidine rings is 1. The lowest BCUT2D eigenvalue weighted by atomic mass is 9.88. The van der Waals surface area contributed by atoms with Crippen molar-refractivity contribution in [1.29, 1.82) is 0 Å². The maximum atomic E-state index is 4.38. The van der Waals surface area contributed by atoms with E-state index in [-0.39, 0.29) is 0 Å². The predicted octanol–water partition coefficient (Wildman–Crippen LogP) is 2.08. The molecule has 0 bridgehead atoms. The molecule has 3 aromatic heterocycles. The van der Waals surface area contributed by atoms with Crippen LogP contribution in [-0.2, 0) is 0 Å². The second kappa shape index (κ2) is 6.21. The van der Waals surface area contributed by atoms with Crippen LogP contribution in [0.2, 0.25) is 0 Å². The summed E-state index contributed by atoms with van der Waals surface area (Å²) >= 11 is 1.85. The molecule has 8 heteroatoms. The smallest absolute Gasteiger partial charge is 0.200 e. The number of aromatic nitrogens is 5. The third-order valence-electron chi connectivity index (χ3n) is 4.46. The molecule has 1 saturated heterocycles. The third kappa shape index (κ3) is 2.91. The second-order valence-electron chi connectivity index (χ2n) is 5.97. The number of fused-ring (bicyclic) bond motifs is 1. The fourth-order valence-electron chi connectivity index (χ4n) is 3.36. The van der Waals surface area contributed by atoms with Crippen molar-refractivity contribution in [3.63, 3.8) is 0 Å². The number of rotatable bonds is 4. The van der Waals surface area contributed by atoms with Crippen LogP contribution in [0.25, 0.3) is 5.65 Å². The highest BCUT2D eigenvalue weighted by Gasteiger charge is 2.31. The first-order valence-electron chi connectivity index (χ1n) is 7.84. The average molecular weight is 329 g/mol. The number of hydrogen-bond acceptors (Lipinski definition) is 7. The average Bonchev–Trinajstić information content (AvgIpc) is 3.23. The molecule has 23 heavy (non-hydrogen) atoms. The summed E-state index contributed by atoms with van der Waals surface area (Å²) in [5, 5.41) is 21.3. The molecule has 0 saturated carbocycles. The summed E-state index contributed by atoms with van der Waals surface area (Å²) in [5.74, 6) is 1.38. The van der Waals surface area contributed by atoms with E-state index in [4.69, 9.17) is 0 Å². The Morgan fingerprint density at radius 3 is 3.17 bits per heavy atom. The topological polar surface area (TPSA) is 71.2 Å². The first-order valence-corrected chi connectivity index (χ1v) is 8.72. The molecule has 2 atom stereocenters. The van der Waals surface area contributed by atoms with Crippen molar-refractivity contribution in [2.24, 2.45) is 5.92 Å². The Kier molecular flexibility index (Phi) is 3.92. The van der Waals surface area contributed by atoms with Crippen molar-refractivity contribution in [2.75, 3.05) is 25.5 Å². The SMILES string of the molecule is CN1CCC[C@H](CNc2ccc3nnnn3n2)[C@@H]1c1cccs1. The Morgan fingerprint density at radius 2 is 2.30 bits per heavy atom. The van der Waals surface area contributed by atoms with Gasteiger partial charge >= 0.3 is 0 Å². The van der Waals surface area contributed by atoms with Crippen LogP contribution in [0.15, 0.2) is 29.6 Å². The molecule has 0 aromatic carbocycles. The molecule has 1 aliphatic rings. The Bertz CT molecular complexity index is 769. The van der Waals surface area contributed by atoms with Crippen molar-refractivity contribution < 1.29 is 0 Å². The minimum atomic E-state index is 0.480. The van der Waals surface area contributed by atoms with Gasteiger partial charge in [0, 0.05) is 17.5 Å². The van der Waals surface area contributed by atoms with Crippen LogP contribution in [0.4, 0.5) is 5.82 Å². The molecule has 0 aliphatic carbocycles. The molecule has 3 aromatic rings. The van der Waals surface area contributed by atoms with Gasteiger partial charge in [-0.2, -0.15) is 0 Å². The molecule has 1 N–H and O–H groups in total. The van der Waals surface area contributed by atoms with E-state index in [1.807, 2.05) is 23.5 Å². The van der Waals surface area contributed by atoms with E-state index in [1.54, 1.807) is 0 Å². The van der Waals surface area contributed by atoms with Gasteiger partial charge in [-0.15, -0.1) is 26.2 Å². The van der Waals surface area contributed by atoms with E-state index in [2.05, 4.69) is 55.4 Å². The van der Waals surface area contributed by atoms with Gasteiger partial charge in [0.25, 0.3) is 0 Å². The largest absolute Gasteiger partial charge is 0.368 e. The minimum absolute atomic E-state index is 0.480. The van der Waals surface area contributed by atoms with Crippen LogP contribution in [0.5, 0.6) is 0 Å². The van der Waals surface area contributed by atoms with Gasteiger partial charge in [0.2, 0.25) is 0 Å². The molecule has 0 unspecified atom stereocenters. The first kappa shape index (κ1) is 14.5. The third-order valence-corrected chi connectivity index (χ3v) is 5.40. The summed E-state index contributed by atoms with van der Waals surface area (Å²) in [7, 11) is 2.22. The summed E-state index contributed by atoms with van der Waals surface area (Å²) in [5.41, 5.74) is 0.657. The number of nitrogens with zero attached hydrogens (tertiary/aromatic N) is 6. The summed E-state index contributed by atoms with van der Waals surface area (Å²) in [6, 6.07) is 8.67. The van der Waals surface area contributed by atoms with Crippen LogP contribution < -0.4 is 5.32 Å². The van der Waals surface area contributed by atoms with Gasteiger partial charge in [-0.3, -0.25) is 4.90 Å². The van der Waals surface area contributed by atoms with Crippen LogP contribution in [0.3, 0.4) is 0 Å². The Balaban J connectivity index is 1.49. The summed E-state index contributed by atoms with van der Waals surface area (Å²) in [6.07, 6.45) is 2.47. The lowest BCUT2D eigenvalue weighted by Crippen LogP contribution is -2.38. The maximum Gasteiger partial charge on any atom is 0.200 e. The summed E-state index contributed by atoms with van der Waals surface area (Å²) in [4.78, 5) is 3.92. The number of likely N-dealkylation sites (tertiary alicyclic amines) is 1. The maximum absolute atomic E-state index is 4.38. The highest BCUT2D eigenvalue weighted by Crippen LogP contribution is 2.37. The molecule has 120 valence electrons. The molecule has 1 aliphatic heterocycles. The van der Waals surface area contributed by atoms with Gasteiger partial charge in [0.15, 0.2) is 5.65 Å². The number of tetrazole rings is 1. The van der Waals surface area contributed by atoms with Gasteiger partial charge in [-0.05, 0) is 66.4 Å². The first-order chi connectivity index (χ1) is 11.3. The van der Waals surface area contributed by atoms with Crippen LogP contribution in [0, 0.1) is 5.92 Å². The predicted molar refractivity (Wildman–Crippen MR) is 89.5 cm³/mol. The number of nitrogens with one attached hydrogen (secondary N) is 1. The van der Waals surface area contributed by atoms with Crippen molar-refractivity contribution >= 4 is 22.8 Å². The quantitative estimate of drug-likeness (QED) is 0.790. The monoisotopic (exact) mass is 329 g/mol. The second-order valence-corrected chi connectivity index (χ2v) is 6.95. The van der Waals surface area contributed by atoms with E-state index >= 15 is 0 Å². The van der Waals surface area contributed by atoms with Crippen LogP contribution in [0.1, 0.15) is 23.8 Å². The van der Waals surface area contributed by atoms with E-state index < -0.39 is 0 Å². The Hall–Kier alpha value is -2.06. The normalized spacial score (nSPS) is 22.5.